The van der Waals surface area contributed by atoms with Crippen LogP contribution in [0.4, 0.5) is 18.0 Å². The van der Waals surface area contributed by atoms with Gasteiger partial charge in [-0.15, -0.1) is 13.2 Å². The summed E-state index contributed by atoms with van der Waals surface area (Å²) in [6.07, 6.45) is -3.94. The maximum absolute atomic E-state index is 12.6. The van der Waals surface area contributed by atoms with E-state index < -0.39 is 17.9 Å². The fraction of sp³-hybridized carbons (Fsp3) is 0.467. The van der Waals surface area contributed by atoms with Crippen LogP contribution in [-0.2, 0) is 16.1 Å². The largest absolute Gasteiger partial charge is 0.573 e. The lowest BCUT2D eigenvalue weighted by Crippen LogP contribution is -2.51. The van der Waals surface area contributed by atoms with Crippen molar-refractivity contribution in [1.82, 2.24) is 10.2 Å². The van der Waals surface area contributed by atoms with Gasteiger partial charge in [0.1, 0.15) is 11.3 Å². The summed E-state index contributed by atoms with van der Waals surface area (Å²) in [5, 5.41) is 2.72. The predicted octanol–water partition coefficient (Wildman–Crippen LogP) is 2.19. The average Bonchev–Trinajstić information content (AvgIpc) is 2.73. The molecule has 3 rings (SSSR count). The second-order valence-electron chi connectivity index (χ2n) is 5.71. The third kappa shape index (κ3) is 3.30. The van der Waals surface area contributed by atoms with Gasteiger partial charge in [0.25, 0.3) is 5.91 Å². The van der Waals surface area contributed by atoms with Crippen LogP contribution in [0.3, 0.4) is 0 Å². The molecule has 0 unspecified atom stereocenters. The molecule has 3 amide bonds. The van der Waals surface area contributed by atoms with Gasteiger partial charge in [0, 0.05) is 26.1 Å². The lowest BCUT2D eigenvalue weighted by atomic mass is 9.90. The van der Waals surface area contributed by atoms with Gasteiger partial charge < -0.3 is 14.8 Å². The van der Waals surface area contributed by atoms with E-state index in [-0.39, 0.29) is 18.2 Å². The molecule has 1 aromatic carbocycles. The molecule has 1 aromatic rings. The number of alkyl halides is 3. The van der Waals surface area contributed by atoms with Crippen LogP contribution in [0.5, 0.6) is 5.75 Å². The minimum Gasteiger partial charge on any atom is -0.406 e. The molecule has 0 atom stereocenters. The SMILES string of the molecule is O=C1NC2(CCOCC2)C(=O)N1Cc1ccc(OC(F)(F)F)cc1. The Balaban J connectivity index is 1.69. The van der Waals surface area contributed by atoms with Crippen molar-refractivity contribution in [3.8, 4) is 5.75 Å². The number of amides is 3. The van der Waals surface area contributed by atoms with Gasteiger partial charge in [-0.3, -0.25) is 9.69 Å². The number of nitrogens with one attached hydrogen (secondary N) is 1. The van der Waals surface area contributed by atoms with Crippen LogP contribution < -0.4 is 10.1 Å². The minimum absolute atomic E-state index is 0.0143. The zero-order valence-corrected chi connectivity index (χ0v) is 12.6. The van der Waals surface area contributed by atoms with E-state index in [1.165, 1.54) is 12.1 Å². The molecule has 9 heteroatoms. The summed E-state index contributed by atoms with van der Waals surface area (Å²) in [5.41, 5.74) is -0.397. The van der Waals surface area contributed by atoms with E-state index in [2.05, 4.69) is 10.1 Å². The number of imide groups is 1. The monoisotopic (exact) mass is 344 g/mol. The first-order chi connectivity index (χ1) is 11.3. The van der Waals surface area contributed by atoms with E-state index in [1.807, 2.05) is 0 Å². The molecule has 0 bridgehead atoms. The molecule has 2 saturated heterocycles. The highest BCUT2D eigenvalue weighted by Crippen LogP contribution is 2.30. The molecule has 24 heavy (non-hydrogen) atoms. The highest BCUT2D eigenvalue weighted by molar-refractivity contribution is 6.07. The van der Waals surface area contributed by atoms with Gasteiger partial charge in [-0.1, -0.05) is 12.1 Å². The number of hydrogen-bond acceptors (Lipinski definition) is 4. The molecule has 1 N–H and O–H groups in total. The Kier molecular flexibility index (Phi) is 4.12. The van der Waals surface area contributed by atoms with Crippen molar-refractivity contribution >= 4 is 11.9 Å². The van der Waals surface area contributed by atoms with Crippen molar-refractivity contribution < 1.29 is 32.2 Å². The quantitative estimate of drug-likeness (QED) is 0.854. The maximum Gasteiger partial charge on any atom is 0.573 e. The highest BCUT2D eigenvalue weighted by atomic mass is 19.4. The van der Waals surface area contributed by atoms with Crippen molar-refractivity contribution in [3.63, 3.8) is 0 Å². The average molecular weight is 344 g/mol. The number of urea groups is 1. The predicted molar refractivity (Wildman–Crippen MR) is 75.0 cm³/mol. The van der Waals surface area contributed by atoms with Gasteiger partial charge in [0.15, 0.2) is 0 Å². The highest BCUT2D eigenvalue weighted by Gasteiger charge is 2.51. The summed E-state index contributed by atoms with van der Waals surface area (Å²) in [5.74, 6) is -0.684. The smallest absolute Gasteiger partial charge is 0.406 e. The number of carbonyl (C=O) groups is 2. The standard InChI is InChI=1S/C15H15F3N2O4/c16-15(17,18)24-11-3-1-10(2-4-11)9-20-12(21)14(19-13(20)22)5-7-23-8-6-14/h1-4H,5-9H2,(H,19,22). The van der Waals surface area contributed by atoms with E-state index in [9.17, 15) is 22.8 Å². The van der Waals surface area contributed by atoms with Crippen molar-refractivity contribution in [2.75, 3.05) is 13.2 Å². The molecule has 2 aliphatic heterocycles. The van der Waals surface area contributed by atoms with E-state index >= 15 is 0 Å². The molecular weight excluding hydrogens is 329 g/mol. The Morgan fingerprint density at radius 1 is 1.17 bits per heavy atom. The van der Waals surface area contributed by atoms with Crippen LogP contribution >= 0.6 is 0 Å². The molecule has 2 aliphatic rings. The van der Waals surface area contributed by atoms with Gasteiger partial charge in [0.05, 0.1) is 6.54 Å². The van der Waals surface area contributed by atoms with Crippen molar-refractivity contribution in [3.05, 3.63) is 29.8 Å². The Hall–Kier alpha value is -2.29. The Labute approximate surface area is 135 Å². The lowest BCUT2D eigenvalue weighted by molar-refractivity contribution is -0.274. The topological polar surface area (TPSA) is 67.9 Å². The van der Waals surface area contributed by atoms with E-state index in [1.54, 1.807) is 0 Å². The van der Waals surface area contributed by atoms with Gasteiger partial charge in [-0.05, 0) is 17.7 Å². The number of rotatable bonds is 3. The minimum atomic E-state index is -4.76. The molecular formula is C15H15F3N2O4. The van der Waals surface area contributed by atoms with Crippen molar-refractivity contribution in [1.29, 1.82) is 0 Å². The fourth-order valence-corrected chi connectivity index (χ4v) is 2.86. The molecule has 130 valence electrons. The third-order valence-corrected chi connectivity index (χ3v) is 4.09. The van der Waals surface area contributed by atoms with Gasteiger partial charge in [-0.25, -0.2) is 4.79 Å². The first kappa shape index (κ1) is 16.6. The van der Waals surface area contributed by atoms with Crippen LogP contribution in [-0.4, -0.2) is 42.0 Å². The van der Waals surface area contributed by atoms with Crippen LogP contribution in [0.15, 0.2) is 24.3 Å². The number of carbonyl (C=O) groups excluding carboxylic acids is 2. The summed E-state index contributed by atoms with van der Waals surface area (Å²) in [7, 11) is 0. The van der Waals surface area contributed by atoms with Gasteiger partial charge in [0.2, 0.25) is 0 Å². The normalized spacial score (nSPS) is 20.4. The molecule has 0 saturated carbocycles. The Morgan fingerprint density at radius 2 is 1.79 bits per heavy atom. The molecule has 0 radical (unpaired) electrons. The molecule has 2 heterocycles. The summed E-state index contributed by atoms with van der Waals surface area (Å²) in [4.78, 5) is 25.7. The molecule has 2 fully saturated rings. The second kappa shape index (κ2) is 5.97. The number of ether oxygens (including phenoxy) is 2. The fourth-order valence-electron chi connectivity index (χ4n) is 2.86. The first-order valence-electron chi connectivity index (χ1n) is 7.36. The van der Waals surface area contributed by atoms with Crippen LogP contribution in [0.1, 0.15) is 18.4 Å². The molecule has 0 aliphatic carbocycles. The van der Waals surface area contributed by atoms with Crippen molar-refractivity contribution in [2.45, 2.75) is 31.3 Å². The number of hydrogen-bond donors (Lipinski definition) is 1. The Bertz CT molecular complexity index is 639. The first-order valence-corrected chi connectivity index (χ1v) is 7.36. The Morgan fingerprint density at radius 3 is 2.38 bits per heavy atom. The summed E-state index contributed by atoms with van der Waals surface area (Å²) < 4.78 is 45.4. The summed E-state index contributed by atoms with van der Waals surface area (Å²) >= 11 is 0. The molecule has 1 spiro atoms. The maximum atomic E-state index is 12.6. The van der Waals surface area contributed by atoms with Crippen LogP contribution in [0.25, 0.3) is 0 Å². The van der Waals surface area contributed by atoms with E-state index in [0.717, 1.165) is 17.0 Å². The zero-order valence-electron chi connectivity index (χ0n) is 12.6. The zero-order chi connectivity index (χ0) is 17.4. The molecule has 0 aromatic heterocycles. The summed E-state index contributed by atoms with van der Waals surface area (Å²) in [6, 6.07) is 4.56. The number of halogens is 3. The third-order valence-electron chi connectivity index (χ3n) is 4.09. The second-order valence-corrected chi connectivity index (χ2v) is 5.71. The molecule has 6 nitrogen and oxygen atoms in total. The van der Waals surface area contributed by atoms with Crippen LogP contribution in [0.2, 0.25) is 0 Å². The number of benzene rings is 1. The van der Waals surface area contributed by atoms with Gasteiger partial charge in [-0.2, -0.15) is 0 Å². The van der Waals surface area contributed by atoms with Crippen LogP contribution in [0, 0.1) is 0 Å². The van der Waals surface area contributed by atoms with Crippen molar-refractivity contribution in [2.24, 2.45) is 0 Å². The van der Waals surface area contributed by atoms with E-state index in [0.29, 0.717) is 31.6 Å². The van der Waals surface area contributed by atoms with E-state index in [4.69, 9.17) is 4.74 Å². The summed E-state index contributed by atoms with van der Waals surface area (Å²) in [6.45, 7) is 0.770. The van der Waals surface area contributed by atoms with Gasteiger partial charge >= 0.3 is 12.4 Å². The lowest BCUT2D eigenvalue weighted by Gasteiger charge is -2.30. The number of nitrogens with zero attached hydrogens (tertiary/aromatic N) is 1.